The fourth-order valence-electron chi connectivity index (χ4n) is 0.726. The van der Waals surface area contributed by atoms with Gasteiger partial charge >= 0.3 is 5.97 Å². The van der Waals surface area contributed by atoms with Gasteiger partial charge in [-0.15, -0.1) is 0 Å². The number of aromatic carboxylic acids is 1. The molecule has 0 heterocycles. The highest BCUT2D eigenvalue weighted by Gasteiger charge is 2.06. The van der Waals surface area contributed by atoms with Gasteiger partial charge in [0.05, 0.1) is 10.5 Å². The fraction of sp³-hybridized carbons (Fsp3) is 0.364. The summed E-state index contributed by atoms with van der Waals surface area (Å²) in [6, 6.07) is 4.70. The number of carboxylic acid groups (broad SMARTS) is 1. The number of rotatable bonds is 2. The van der Waals surface area contributed by atoms with Crippen molar-refractivity contribution in [3.05, 3.63) is 39.9 Å². The topological polar surface area (TPSA) is 80.4 Å². The van der Waals surface area contributed by atoms with Crippen molar-refractivity contribution in [2.75, 3.05) is 0 Å². The maximum absolute atomic E-state index is 10.3. The number of nitro benzene ring substituents is 1. The summed E-state index contributed by atoms with van der Waals surface area (Å²) in [5, 5.41) is 18.6. The molecule has 0 aliphatic rings. The molecule has 1 aromatic carbocycles. The van der Waals surface area contributed by atoms with E-state index in [-0.39, 0.29) is 11.3 Å². The van der Waals surface area contributed by atoms with E-state index >= 15 is 0 Å². The van der Waals surface area contributed by atoms with Gasteiger partial charge in [0.25, 0.3) is 5.69 Å². The lowest BCUT2D eigenvalue weighted by Gasteiger charge is -1.92. The van der Waals surface area contributed by atoms with Gasteiger partial charge in [-0.3, -0.25) is 10.1 Å². The van der Waals surface area contributed by atoms with E-state index in [0.717, 1.165) is 18.1 Å². The number of hydrogen-bond acceptors (Lipinski definition) is 3. The van der Waals surface area contributed by atoms with E-state index in [4.69, 9.17) is 5.11 Å². The minimum Gasteiger partial charge on any atom is -0.478 e. The quantitative estimate of drug-likeness (QED) is 0.619. The second kappa shape index (κ2) is 6.55. The first-order chi connectivity index (χ1) is 7.34. The van der Waals surface area contributed by atoms with Gasteiger partial charge in [-0.1, -0.05) is 20.8 Å². The first-order valence-corrected chi connectivity index (χ1v) is 4.82. The molecule has 0 amide bonds. The van der Waals surface area contributed by atoms with Crippen molar-refractivity contribution in [2.24, 2.45) is 5.92 Å². The summed E-state index contributed by atoms with van der Waals surface area (Å²) in [4.78, 5) is 19.9. The predicted molar refractivity (Wildman–Crippen MR) is 60.6 cm³/mol. The molecule has 0 saturated carbocycles. The molecule has 0 fully saturated rings. The molecule has 0 aliphatic carbocycles. The predicted octanol–water partition coefficient (Wildman–Crippen LogP) is 2.96. The van der Waals surface area contributed by atoms with Gasteiger partial charge in [0.1, 0.15) is 0 Å². The average molecular weight is 225 g/mol. The van der Waals surface area contributed by atoms with Crippen molar-refractivity contribution in [2.45, 2.75) is 20.8 Å². The molecule has 0 bridgehead atoms. The van der Waals surface area contributed by atoms with Gasteiger partial charge in [-0.05, 0) is 18.1 Å². The molecule has 0 radical (unpaired) electrons. The van der Waals surface area contributed by atoms with Crippen molar-refractivity contribution in [1.29, 1.82) is 0 Å². The molecule has 16 heavy (non-hydrogen) atoms. The molecular weight excluding hydrogens is 210 g/mol. The third-order valence-electron chi connectivity index (χ3n) is 1.33. The van der Waals surface area contributed by atoms with Crippen LogP contribution in [0.4, 0.5) is 5.69 Å². The van der Waals surface area contributed by atoms with Gasteiger partial charge < -0.3 is 5.11 Å². The molecule has 0 aromatic heterocycles. The van der Waals surface area contributed by atoms with Crippen molar-refractivity contribution < 1.29 is 14.8 Å². The Morgan fingerprint density at radius 3 is 1.88 bits per heavy atom. The summed E-state index contributed by atoms with van der Waals surface area (Å²) >= 11 is 0. The molecule has 0 unspecified atom stereocenters. The van der Waals surface area contributed by atoms with Gasteiger partial charge in [0, 0.05) is 12.1 Å². The Morgan fingerprint density at radius 1 is 1.25 bits per heavy atom. The number of carbonyl (C=O) groups is 1. The smallest absolute Gasteiger partial charge is 0.335 e. The maximum Gasteiger partial charge on any atom is 0.335 e. The lowest BCUT2D eigenvalue weighted by molar-refractivity contribution is -0.384. The van der Waals surface area contributed by atoms with E-state index < -0.39 is 10.9 Å². The second-order valence-corrected chi connectivity index (χ2v) is 3.84. The van der Waals surface area contributed by atoms with Crippen LogP contribution < -0.4 is 0 Å². The van der Waals surface area contributed by atoms with Crippen LogP contribution in [0.1, 0.15) is 31.1 Å². The number of carboxylic acids is 1. The Bertz CT molecular complexity index is 321. The van der Waals surface area contributed by atoms with Crippen LogP contribution in [-0.2, 0) is 0 Å². The van der Waals surface area contributed by atoms with Gasteiger partial charge in [0.15, 0.2) is 0 Å². The highest BCUT2D eigenvalue weighted by atomic mass is 16.6. The zero-order valence-electron chi connectivity index (χ0n) is 9.51. The summed E-state index contributed by atoms with van der Waals surface area (Å²) in [5.41, 5.74) is -0.0689. The van der Waals surface area contributed by atoms with E-state index in [1.807, 2.05) is 0 Å². The van der Waals surface area contributed by atoms with E-state index in [2.05, 4.69) is 20.8 Å². The van der Waals surface area contributed by atoms with Crippen LogP contribution >= 0.6 is 0 Å². The molecule has 0 spiro atoms. The van der Waals surface area contributed by atoms with E-state index in [1.165, 1.54) is 12.1 Å². The first kappa shape index (κ1) is 14.1. The van der Waals surface area contributed by atoms with Crippen LogP contribution in [0, 0.1) is 16.0 Å². The number of nitrogens with zero attached hydrogens (tertiary/aromatic N) is 1. The molecule has 88 valence electrons. The summed E-state index contributed by atoms with van der Waals surface area (Å²) in [6.45, 7) is 6.50. The molecular formula is C11H15NO4. The summed E-state index contributed by atoms with van der Waals surface area (Å²) in [7, 11) is 0. The van der Waals surface area contributed by atoms with E-state index in [1.54, 1.807) is 0 Å². The molecule has 0 saturated heterocycles. The average Bonchev–Trinajstić information content (AvgIpc) is 2.17. The fourth-order valence-corrected chi connectivity index (χ4v) is 0.726. The van der Waals surface area contributed by atoms with Gasteiger partial charge in [-0.2, -0.15) is 0 Å². The van der Waals surface area contributed by atoms with Crippen LogP contribution in [0.2, 0.25) is 0 Å². The minimum atomic E-state index is -1.09. The largest absolute Gasteiger partial charge is 0.478 e. The number of nitro groups is 1. The maximum atomic E-state index is 10.3. The Labute approximate surface area is 93.9 Å². The van der Waals surface area contributed by atoms with E-state index in [9.17, 15) is 14.9 Å². The third-order valence-corrected chi connectivity index (χ3v) is 1.33. The van der Waals surface area contributed by atoms with Gasteiger partial charge in [-0.25, -0.2) is 4.79 Å². The molecule has 1 N–H and O–H groups in total. The molecule has 5 nitrogen and oxygen atoms in total. The van der Waals surface area contributed by atoms with Crippen molar-refractivity contribution >= 4 is 11.7 Å². The van der Waals surface area contributed by atoms with Crippen LogP contribution in [0.25, 0.3) is 0 Å². The molecule has 1 aromatic rings. The zero-order chi connectivity index (χ0) is 12.7. The Morgan fingerprint density at radius 2 is 1.62 bits per heavy atom. The Balaban J connectivity index is 0.000000487. The lowest BCUT2D eigenvalue weighted by Crippen LogP contribution is -1.96. The summed E-state index contributed by atoms with van der Waals surface area (Å²) in [6.07, 6.45) is 0. The van der Waals surface area contributed by atoms with Crippen molar-refractivity contribution in [3.63, 3.8) is 0 Å². The first-order valence-electron chi connectivity index (χ1n) is 4.82. The molecule has 0 atom stereocenters. The number of benzene rings is 1. The highest BCUT2D eigenvalue weighted by Crippen LogP contribution is 2.11. The van der Waals surface area contributed by atoms with Gasteiger partial charge in [0.2, 0.25) is 0 Å². The number of non-ortho nitro benzene ring substituents is 1. The van der Waals surface area contributed by atoms with E-state index in [0.29, 0.717) is 0 Å². The summed E-state index contributed by atoms with van der Waals surface area (Å²) in [5.74, 6) is -0.259. The molecule has 0 aliphatic heterocycles. The zero-order valence-corrected chi connectivity index (χ0v) is 9.51. The van der Waals surface area contributed by atoms with Crippen molar-refractivity contribution in [3.8, 4) is 0 Å². The Kier molecular flexibility index (Phi) is 5.77. The number of hydrogen-bond donors (Lipinski definition) is 1. The SMILES string of the molecule is CC(C)C.O=C(O)c1ccc([N+](=O)[O-])cc1. The minimum absolute atomic E-state index is 0.0422. The highest BCUT2D eigenvalue weighted by molar-refractivity contribution is 5.87. The lowest BCUT2D eigenvalue weighted by atomic mass is 10.2. The monoisotopic (exact) mass is 225 g/mol. The third kappa shape index (κ3) is 5.74. The Hall–Kier alpha value is -1.91. The van der Waals surface area contributed by atoms with Crippen LogP contribution in [0.5, 0.6) is 0 Å². The van der Waals surface area contributed by atoms with Crippen LogP contribution in [-0.4, -0.2) is 16.0 Å². The summed E-state index contributed by atoms with van der Waals surface area (Å²) < 4.78 is 0. The molecule has 1 rings (SSSR count). The molecule has 5 heteroatoms. The normalized spacial score (nSPS) is 9.25. The second-order valence-electron chi connectivity index (χ2n) is 3.84. The van der Waals surface area contributed by atoms with Crippen molar-refractivity contribution in [1.82, 2.24) is 0 Å². The van der Waals surface area contributed by atoms with Crippen LogP contribution in [0.15, 0.2) is 24.3 Å². The standard InChI is InChI=1S/C7H5NO4.C4H10/c9-7(10)5-1-3-6(4-2-5)8(11)12;1-4(2)3/h1-4H,(H,9,10);4H,1-3H3. The van der Waals surface area contributed by atoms with Crippen LogP contribution in [0.3, 0.4) is 0 Å².